The Labute approximate surface area is 68.7 Å². The van der Waals surface area contributed by atoms with Crippen LogP contribution in [0.4, 0.5) is 0 Å². The van der Waals surface area contributed by atoms with E-state index in [1.807, 2.05) is 34.6 Å². The summed E-state index contributed by atoms with van der Waals surface area (Å²) in [6.07, 6.45) is 1.75. The van der Waals surface area contributed by atoms with E-state index in [9.17, 15) is 0 Å². The van der Waals surface area contributed by atoms with Crippen molar-refractivity contribution in [1.29, 1.82) is 0 Å². The normalized spacial score (nSPS) is 2.90. The van der Waals surface area contributed by atoms with Crippen LogP contribution in [0.5, 0.6) is 0 Å². The van der Waals surface area contributed by atoms with Gasteiger partial charge in [0.2, 0.25) is 0 Å². The lowest BCUT2D eigenvalue weighted by atomic mass is 10.8. The van der Waals surface area contributed by atoms with E-state index < -0.39 is 0 Å². The van der Waals surface area contributed by atoms with Crippen molar-refractivity contribution in [1.82, 2.24) is 0 Å². The van der Waals surface area contributed by atoms with Gasteiger partial charge in [-0.25, -0.2) is 0 Å². The molecule has 0 aromatic rings. The highest BCUT2D eigenvalue weighted by atomic mass is 13.2. The highest BCUT2D eigenvalue weighted by Gasteiger charge is 1.15. The maximum absolute atomic E-state index is 3.36. The summed E-state index contributed by atoms with van der Waals surface area (Å²) in [5, 5.41) is 0. The molecule has 0 nitrogen and oxygen atoms in total. The Kier molecular flexibility index (Phi) is 6990. The average molecular weight is 146 g/mol. The van der Waals surface area contributed by atoms with Crippen molar-refractivity contribution >= 4 is 0 Å². The fourth-order valence-corrected chi connectivity index (χ4v) is 0. The lowest BCUT2D eigenvalue weighted by molar-refractivity contribution is 1.50. The van der Waals surface area contributed by atoms with E-state index in [0.29, 0.717) is 0 Å². The summed E-state index contributed by atoms with van der Waals surface area (Å²) in [5.74, 6) is 0. The van der Waals surface area contributed by atoms with Crippen molar-refractivity contribution in [2.75, 3.05) is 0 Å². The number of allylic oxidation sites excluding steroid dienone is 1. The topological polar surface area (TPSA) is 0 Å². The first kappa shape index (κ1) is 34.0. The molecule has 0 spiro atoms. The summed E-state index contributed by atoms with van der Waals surface area (Å²) >= 11 is 0. The monoisotopic (exact) mass is 146 g/mol. The van der Waals surface area contributed by atoms with Crippen molar-refractivity contribution in [3.05, 3.63) is 25.8 Å². The standard InChI is InChI=1S/C3H6.2C2H6.C2H4.CH4/c1-3-2;3*1-2;/h3H,1H2,2H3;2*1-2H3;1-2H2;1H4. The van der Waals surface area contributed by atoms with Gasteiger partial charge in [0.05, 0.1) is 0 Å². The van der Waals surface area contributed by atoms with Crippen molar-refractivity contribution in [2.45, 2.75) is 42.0 Å². The van der Waals surface area contributed by atoms with E-state index >= 15 is 0 Å². The first-order valence-electron chi connectivity index (χ1n) is 3.49. The SMILES string of the molecule is C.C=C.C=CC.CC.CC. The van der Waals surface area contributed by atoms with Gasteiger partial charge >= 0.3 is 0 Å². The van der Waals surface area contributed by atoms with Crippen LogP contribution in [0, 0.1) is 0 Å². The molecule has 0 radical (unpaired) electrons. The highest BCUT2D eigenvalue weighted by molar-refractivity contribution is 4.51. The molecule has 0 rings (SSSR count). The second kappa shape index (κ2) is 2060. The molecule has 0 aliphatic heterocycles. The van der Waals surface area contributed by atoms with Crippen LogP contribution in [0.1, 0.15) is 42.0 Å². The first-order valence-corrected chi connectivity index (χ1v) is 3.49. The van der Waals surface area contributed by atoms with Gasteiger partial charge in [0.15, 0.2) is 0 Å². The molecule has 0 heterocycles. The van der Waals surface area contributed by atoms with Gasteiger partial charge in [0.1, 0.15) is 0 Å². The third kappa shape index (κ3) is 1160. The summed E-state index contributed by atoms with van der Waals surface area (Å²) in [6.45, 7) is 19.2. The van der Waals surface area contributed by atoms with Gasteiger partial charge < -0.3 is 0 Å². The molecule has 0 aliphatic rings. The van der Waals surface area contributed by atoms with Crippen molar-refractivity contribution < 1.29 is 0 Å². The van der Waals surface area contributed by atoms with E-state index in [-0.39, 0.29) is 7.43 Å². The van der Waals surface area contributed by atoms with Gasteiger partial charge in [-0.1, -0.05) is 41.2 Å². The van der Waals surface area contributed by atoms with E-state index in [1.165, 1.54) is 0 Å². The fraction of sp³-hybridized carbons (Fsp3) is 0.600. The summed E-state index contributed by atoms with van der Waals surface area (Å²) in [5.41, 5.74) is 0. The lowest BCUT2D eigenvalue weighted by Gasteiger charge is -1.31. The molecule has 0 aromatic heterocycles. The van der Waals surface area contributed by atoms with E-state index in [2.05, 4.69) is 19.7 Å². The minimum Gasteiger partial charge on any atom is -0.106 e. The number of hydrogen-bond donors (Lipinski definition) is 0. The minimum atomic E-state index is 0. The molecule has 0 amide bonds. The van der Waals surface area contributed by atoms with Gasteiger partial charge in [-0.2, -0.15) is 0 Å². The van der Waals surface area contributed by atoms with Crippen LogP contribution in [0.3, 0.4) is 0 Å². The maximum Gasteiger partial charge on any atom is -0.0473 e. The van der Waals surface area contributed by atoms with Crippen LogP contribution in [-0.4, -0.2) is 0 Å². The Morgan fingerprint density at radius 3 is 0.900 bits per heavy atom. The highest BCUT2D eigenvalue weighted by Crippen LogP contribution is 1.38. The Morgan fingerprint density at radius 1 is 0.900 bits per heavy atom. The molecule has 0 fully saturated rings. The summed E-state index contributed by atoms with van der Waals surface area (Å²) in [6, 6.07) is 0. The minimum absolute atomic E-state index is 0. The molecule has 0 saturated heterocycles. The van der Waals surface area contributed by atoms with Crippen molar-refractivity contribution in [3.63, 3.8) is 0 Å². The third-order valence-electron chi connectivity index (χ3n) is 0. The van der Waals surface area contributed by atoms with Gasteiger partial charge in [-0.3, -0.25) is 0 Å². The van der Waals surface area contributed by atoms with Crippen molar-refractivity contribution in [2.24, 2.45) is 0 Å². The second-order valence-corrected chi connectivity index (χ2v) is 0.408. The van der Waals surface area contributed by atoms with Crippen LogP contribution in [0.2, 0.25) is 0 Å². The molecule has 0 aromatic carbocycles. The van der Waals surface area contributed by atoms with Crippen LogP contribution < -0.4 is 0 Å². The Bertz CT molecular complexity index is 14.0. The maximum atomic E-state index is 3.36. The van der Waals surface area contributed by atoms with Crippen molar-refractivity contribution in [3.8, 4) is 0 Å². The molecule has 0 unspecified atom stereocenters. The van der Waals surface area contributed by atoms with Gasteiger partial charge in [-0.15, -0.1) is 19.7 Å². The van der Waals surface area contributed by atoms with Crippen LogP contribution in [0.15, 0.2) is 25.8 Å². The quantitative estimate of drug-likeness (QED) is 0.435. The van der Waals surface area contributed by atoms with Gasteiger partial charge in [-0.05, 0) is 6.92 Å². The molecule has 0 heteroatoms. The average Bonchev–Trinajstić information content (AvgIpc) is 2.01. The Balaban J connectivity index is -0.0000000110. The molecular weight excluding hydrogens is 120 g/mol. The van der Waals surface area contributed by atoms with Gasteiger partial charge in [0.25, 0.3) is 0 Å². The zero-order chi connectivity index (χ0) is 8.71. The third-order valence-corrected chi connectivity index (χ3v) is 0. The van der Waals surface area contributed by atoms with Gasteiger partial charge in [0, 0.05) is 0 Å². The fourth-order valence-electron chi connectivity index (χ4n) is 0. The molecule has 0 aliphatic carbocycles. The van der Waals surface area contributed by atoms with E-state index in [4.69, 9.17) is 0 Å². The number of hydrogen-bond acceptors (Lipinski definition) is 0. The zero-order valence-electron chi connectivity index (χ0n) is 7.70. The van der Waals surface area contributed by atoms with Crippen LogP contribution in [-0.2, 0) is 0 Å². The molecule has 0 bridgehead atoms. The molecule has 0 saturated carbocycles. The predicted octanol–water partition coefficient (Wildman–Crippen LogP) is 4.68. The van der Waals surface area contributed by atoms with E-state index in [1.54, 1.807) is 6.08 Å². The summed E-state index contributed by atoms with van der Waals surface area (Å²) in [7, 11) is 0. The van der Waals surface area contributed by atoms with E-state index in [0.717, 1.165) is 0 Å². The summed E-state index contributed by atoms with van der Waals surface area (Å²) < 4.78 is 0. The lowest BCUT2D eigenvalue weighted by Crippen LogP contribution is -1.07. The smallest absolute Gasteiger partial charge is 0.0473 e. The molecular formula is C10H26. The molecule has 66 valence electrons. The number of rotatable bonds is 0. The molecule has 0 atom stereocenters. The zero-order valence-corrected chi connectivity index (χ0v) is 7.70. The first-order chi connectivity index (χ1) is 4.41. The van der Waals surface area contributed by atoms with Crippen LogP contribution in [0.25, 0.3) is 0 Å². The Morgan fingerprint density at radius 2 is 0.900 bits per heavy atom. The largest absolute Gasteiger partial charge is 0.106 e. The predicted molar refractivity (Wildman–Crippen MR) is 56.6 cm³/mol. The Hall–Kier alpha value is -0.520. The van der Waals surface area contributed by atoms with Crippen LogP contribution >= 0.6 is 0 Å². The second-order valence-electron chi connectivity index (χ2n) is 0.408. The molecule has 0 N–H and O–H groups in total. The summed E-state index contributed by atoms with van der Waals surface area (Å²) in [4.78, 5) is 0. The molecule has 10 heavy (non-hydrogen) atoms.